The van der Waals surface area contributed by atoms with E-state index >= 15 is 0 Å². The number of hydrogen-bond donors (Lipinski definition) is 1. The molecule has 5 nitrogen and oxygen atoms in total. The molecule has 0 aliphatic heterocycles. The predicted molar refractivity (Wildman–Crippen MR) is 123 cm³/mol. The number of thiophene rings is 1. The molecule has 1 aliphatic rings. The molecule has 2 aromatic heterocycles. The molecule has 1 aliphatic carbocycles. The third kappa shape index (κ3) is 4.73. The second kappa shape index (κ2) is 8.96. The fraction of sp³-hybridized carbons (Fsp3) is 0.200. The lowest BCUT2D eigenvalue weighted by molar-refractivity contribution is 0.103. The normalized spacial score (nSPS) is 12.5. The van der Waals surface area contributed by atoms with E-state index in [0.29, 0.717) is 23.8 Å². The summed E-state index contributed by atoms with van der Waals surface area (Å²) in [5.74, 6) is 0.872. The lowest BCUT2D eigenvalue weighted by atomic mass is 10.1. The van der Waals surface area contributed by atoms with Gasteiger partial charge in [0.25, 0.3) is 5.91 Å². The fourth-order valence-corrected chi connectivity index (χ4v) is 4.64. The van der Waals surface area contributed by atoms with Crippen molar-refractivity contribution in [3.05, 3.63) is 99.1 Å². The van der Waals surface area contributed by atoms with Gasteiger partial charge in [-0.15, -0.1) is 11.3 Å². The van der Waals surface area contributed by atoms with Crippen LogP contribution in [0.3, 0.4) is 0 Å². The Bertz CT molecular complexity index is 1250. The van der Waals surface area contributed by atoms with E-state index in [9.17, 15) is 9.18 Å². The highest BCUT2D eigenvalue weighted by Gasteiger charge is 2.13. The standard InChI is InChI=1S/C25H22FN3O2S/c26-21-7-4-17(5-8-21)14-29-11-10-24(28-29)27-25(30)23-12-18(16-32-23)15-31-22-9-6-19-2-1-3-20(19)13-22/h4-13,16H,1-3,14-15H2,(H,27,28,30). The number of aryl methyl sites for hydroxylation is 2. The second-order valence-electron chi connectivity index (χ2n) is 7.87. The third-order valence-corrected chi connectivity index (χ3v) is 6.47. The van der Waals surface area contributed by atoms with Crippen molar-refractivity contribution in [1.29, 1.82) is 0 Å². The minimum absolute atomic E-state index is 0.203. The largest absolute Gasteiger partial charge is 0.489 e. The molecule has 0 bridgehead atoms. The van der Waals surface area contributed by atoms with Crippen molar-refractivity contribution in [2.24, 2.45) is 0 Å². The molecule has 2 aromatic carbocycles. The minimum Gasteiger partial charge on any atom is -0.489 e. The molecule has 0 saturated carbocycles. The van der Waals surface area contributed by atoms with Crippen molar-refractivity contribution >= 4 is 23.1 Å². The van der Waals surface area contributed by atoms with Crippen LogP contribution in [0.4, 0.5) is 10.2 Å². The van der Waals surface area contributed by atoms with Crippen molar-refractivity contribution in [3.63, 3.8) is 0 Å². The predicted octanol–water partition coefficient (Wildman–Crippen LogP) is 5.45. The highest BCUT2D eigenvalue weighted by atomic mass is 32.1. The first-order chi connectivity index (χ1) is 15.6. The molecule has 0 fully saturated rings. The number of ether oxygens (including phenoxy) is 1. The number of nitrogens with one attached hydrogen (secondary N) is 1. The summed E-state index contributed by atoms with van der Waals surface area (Å²) in [5.41, 5.74) is 4.69. The first kappa shape index (κ1) is 20.5. The Labute approximate surface area is 189 Å². The van der Waals surface area contributed by atoms with E-state index in [-0.39, 0.29) is 11.7 Å². The fourth-order valence-electron chi connectivity index (χ4n) is 3.85. The Morgan fingerprint density at radius 2 is 1.91 bits per heavy atom. The summed E-state index contributed by atoms with van der Waals surface area (Å²) in [5, 5.41) is 9.14. The van der Waals surface area contributed by atoms with Gasteiger partial charge < -0.3 is 10.1 Å². The molecule has 5 rings (SSSR count). The minimum atomic E-state index is -0.268. The van der Waals surface area contributed by atoms with E-state index < -0.39 is 0 Å². The lowest BCUT2D eigenvalue weighted by Crippen LogP contribution is -2.11. The van der Waals surface area contributed by atoms with Crippen LogP contribution in [-0.2, 0) is 26.0 Å². The number of fused-ring (bicyclic) bond motifs is 1. The smallest absolute Gasteiger partial charge is 0.266 e. The molecule has 0 saturated heterocycles. The van der Waals surface area contributed by atoms with E-state index in [1.165, 1.54) is 41.0 Å². The highest BCUT2D eigenvalue weighted by molar-refractivity contribution is 7.12. The van der Waals surface area contributed by atoms with E-state index in [0.717, 1.165) is 29.7 Å². The summed E-state index contributed by atoms with van der Waals surface area (Å²) >= 11 is 1.38. The molecule has 162 valence electrons. The van der Waals surface area contributed by atoms with Gasteiger partial charge in [0, 0.05) is 17.8 Å². The summed E-state index contributed by atoms with van der Waals surface area (Å²) in [6.45, 7) is 0.925. The number of aromatic nitrogens is 2. The third-order valence-electron chi connectivity index (χ3n) is 5.49. The van der Waals surface area contributed by atoms with Crippen molar-refractivity contribution in [1.82, 2.24) is 9.78 Å². The van der Waals surface area contributed by atoms with Crippen LogP contribution < -0.4 is 10.1 Å². The van der Waals surface area contributed by atoms with Crippen LogP contribution in [0.5, 0.6) is 5.75 Å². The highest BCUT2D eigenvalue weighted by Crippen LogP contribution is 2.27. The Morgan fingerprint density at radius 3 is 2.78 bits per heavy atom. The summed E-state index contributed by atoms with van der Waals surface area (Å²) in [4.78, 5) is 13.2. The van der Waals surface area contributed by atoms with Crippen molar-refractivity contribution < 1.29 is 13.9 Å². The van der Waals surface area contributed by atoms with Gasteiger partial charge in [-0.1, -0.05) is 18.2 Å². The van der Waals surface area contributed by atoms with E-state index in [1.807, 2.05) is 17.5 Å². The first-order valence-corrected chi connectivity index (χ1v) is 11.4. The molecule has 32 heavy (non-hydrogen) atoms. The van der Waals surface area contributed by atoms with Gasteiger partial charge in [-0.2, -0.15) is 5.10 Å². The van der Waals surface area contributed by atoms with Crippen LogP contribution in [0.2, 0.25) is 0 Å². The van der Waals surface area contributed by atoms with Gasteiger partial charge in [-0.25, -0.2) is 4.39 Å². The van der Waals surface area contributed by atoms with Crippen molar-refractivity contribution in [2.45, 2.75) is 32.4 Å². The maximum atomic E-state index is 13.0. The Morgan fingerprint density at radius 1 is 1.06 bits per heavy atom. The van der Waals surface area contributed by atoms with Crippen LogP contribution in [0.1, 0.15) is 38.3 Å². The first-order valence-electron chi connectivity index (χ1n) is 10.5. The monoisotopic (exact) mass is 447 g/mol. The summed E-state index contributed by atoms with van der Waals surface area (Å²) < 4.78 is 20.7. The van der Waals surface area contributed by atoms with Crippen LogP contribution in [-0.4, -0.2) is 15.7 Å². The van der Waals surface area contributed by atoms with Gasteiger partial charge in [0.05, 0.1) is 11.4 Å². The number of nitrogens with zero attached hydrogens (tertiary/aromatic N) is 2. The van der Waals surface area contributed by atoms with Crippen molar-refractivity contribution in [3.8, 4) is 5.75 Å². The second-order valence-corrected chi connectivity index (χ2v) is 8.78. The van der Waals surface area contributed by atoms with Gasteiger partial charge in [0.2, 0.25) is 0 Å². The number of hydrogen-bond acceptors (Lipinski definition) is 4. The number of benzene rings is 2. The zero-order valence-electron chi connectivity index (χ0n) is 17.4. The molecule has 0 atom stereocenters. The Kier molecular flexibility index (Phi) is 5.73. The number of anilines is 1. The molecule has 0 spiro atoms. The van der Waals surface area contributed by atoms with Gasteiger partial charge in [-0.3, -0.25) is 9.48 Å². The van der Waals surface area contributed by atoms with Crippen LogP contribution in [0, 0.1) is 5.82 Å². The number of carbonyl (C=O) groups excluding carboxylic acids is 1. The molecule has 1 N–H and O–H groups in total. The number of amides is 1. The van der Waals surface area contributed by atoms with Gasteiger partial charge in [0.1, 0.15) is 18.2 Å². The van der Waals surface area contributed by atoms with Gasteiger partial charge in [0.15, 0.2) is 5.82 Å². The van der Waals surface area contributed by atoms with E-state index in [1.54, 1.807) is 29.1 Å². The zero-order chi connectivity index (χ0) is 21.9. The quantitative estimate of drug-likeness (QED) is 0.410. The molecule has 4 aromatic rings. The van der Waals surface area contributed by atoms with Gasteiger partial charge in [-0.05, 0) is 71.7 Å². The lowest BCUT2D eigenvalue weighted by Gasteiger charge is -2.07. The maximum Gasteiger partial charge on any atom is 0.266 e. The molecule has 1 amide bonds. The SMILES string of the molecule is O=C(Nc1ccn(Cc2ccc(F)cc2)n1)c1cc(COc2ccc3c(c2)CCC3)cs1. The van der Waals surface area contributed by atoms with E-state index in [4.69, 9.17) is 4.74 Å². The molecule has 0 radical (unpaired) electrons. The van der Waals surface area contributed by atoms with Gasteiger partial charge >= 0.3 is 0 Å². The van der Waals surface area contributed by atoms with Crippen LogP contribution in [0.25, 0.3) is 0 Å². The molecule has 0 unspecified atom stereocenters. The zero-order valence-corrected chi connectivity index (χ0v) is 18.2. The summed E-state index contributed by atoms with van der Waals surface area (Å²) in [6, 6.07) is 16.2. The molecule has 2 heterocycles. The summed E-state index contributed by atoms with van der Waals surface area (Å²) in [7, 11) is 0. The van der Waals surface area contributed by atoms with Crippen molar-refractivity contribution in [2.75, 3.05) is 5.32 Å². The average molecular weight is 448 g/mol. The number of carbonyl (C=O) groups is 1. The molecular weight excluding hydrogens is 425 g/mol. The summed E-state index contributed by atoms with van der Waals surface area (Å²) in [6.07, 6.45) is 5.27. The van der Waals surface area contributed by atoms with Crippen LogP contribution >= 0.6 is 11.3 Å². The van der Waals surface area contributed by atoms with E-state index in [2.05, 4.69) is 22.5 Å². The average Bonchev–Trinajstić information content (AvgIpc) is 3.54. The molecule has 7 heteroatoms. The number of rotatable bonds is 7. The number of halogens is 1. The van der Waals surface area contributed by atoms with Crippen LogP contribution in [0.15, 0.2) is 66.2 Å². The molecular formula is C25H22FN3O2S. The maximum absolute atomic E-state index is 13.0. The Balaban J connectivity index is 1.16. The topological polar surface area (TPSA) is 56.2 Å². The Hall–Kier alpha value is -3.45.